The Morgan fingerprint density at radius 1 is 0.900 bits per heavy atom. The number of sulfone groups is 1. The van der Waals surface area contributed by atoms with E-state index in [1.165, 1.54) is 6.08 Å². The Hall–Kier alpha value is -2.82. The minimum Gasteiger partial charge on any atom is -0.461 e. The van der Waals surface area contributed by atoms with Crippen LogP contribution in [0.1, 0.15) is 16.7 Å². The van der Waals surface area contributed by atoms with Gasteiger partial charge in [-0.15, -0.1) is 0 Å². The van der Waals surface area contributed by atoms with Crippen LogP contribution in [0.3, 0.4) is 0 Å². The Kier molecular flexibility index (Phi) is 6.96. The van der Waals surface area contributed by atoms with Gasteiger partial charge >= 0.3 is 18.3 Å². The van der Waals surface area contributed by atoms with E-state index < -0.39 is 56.5 Å². The fraction of sp³-hybridized carbons (Fsp3) is 0.211. The summed E-state index contributed by atoms with van der Waals surface area (Å²) in [6.07, 6.45) is -7.96. The third-order valence-corrected chi connectivity index (χ3v) is 5.39. The van der Waals surface area contributed by atoms with Crippen molar-refractivity contribution in [3.8, 4) is 0 Å². The van der Waals surface area contributed by atoms with Gasteiger partial charge in [-0.1, -0.05) is 30.3 Å². The summed E-state index contributed by atoms with van der Waals surface area (Å²) in [5.74, 6) is -1.91. The predicted octanol–water partition coefficient (Wildman–Crippen LogP) is 4.75. The zero-order valence-electron chi connectivity index (χ0n) is 15.0. The predicted molar refractivity (Wildman–Crippen MR) is 94.9 cm³/mol. The summed E-state index contributed by atoms with van der Waals surface area (Å²) < 4.78 is 106. The van der Waals surface area contributed by atoms with Gasteiger partial charge in [0.1, 0.15) is 6.61 Å². The van der Waals surface area contributed by atoms with Gasteiger partial charge in [0, 0.05) is 6.08 Å². The average Bonchev–Trinajstić information content (AvgIpc) is 2.65. The van der Waals surface area contributed by atoms with Gasteiger partial charge in [-0.25, -0.2) is 13.2 Å². The molecule has 11 heteroatoms. The van der Waals surface area contributed by atoms with E-state index in [4.69, 9.17) is 0 Å². The van der Waals surface area contributed by atoms with Crippen LogP contribution in [0.5, 0.6) is 0 Å². The molecule has 0 unspecified atom stereocenters. The third-order valence-electron chi connectivity index (χ3n) is 3.73. The number of carbonyl (C=O) groups is 1. The number of rotatable bonds is 6. The molecule has 2 rings (SSSR count). The first-order valence-corrected chi connectivity index (χ1v) is 9.86. The Morgan fingerprint density at radius 2 is 1.43 bits per heavy atom. The van der Waals surface area contributed by atoms with Gasteiger partial charge in [0.2, 0.25) is 0 Å². The number of ether oxygens (including phenoxy) is 1. The van der Waals surface area contributed by atoms with E-state index in [0.717, 1.165) is 6.08 Å². The Labute approximate surface area is 167 Å². The molecule has 0 aliphatic carbocycles. The molecule has 0 N–H and O–H groups in total. The molecule has 162 valence electrons. The number of hydrogen-bond donors (Lipinski definition) is 0. The summed E-state index contributed by atoms with van der Waals surface area (Å²) in [6, 6.07) is 8.58. The lowest BCUT2D eigenvalue weighted by molar-refractivity contribution is -0.143. The van der Waals surface area contributed by atoms with Crippen LogP contribution in [0.4, 0.5) is 26.3 Å². The van der Waals surface area contributed by atoms with Gasteiger partial charge in [0.15, 0.2) is 9.84 Å². The minimum atomic E-state index is -5.18. The molecule has 0 heterocycles. The third kappa shape index (κ3) is 6.61. The number of carbonyl (C=O) groups excluding carboxylic acids is 1. The first-order valence-electron chi connectivity index (χ1n) is 8.21. The van der Waals surface area contributed by atoms with E-state index in [2.05, 4.69) is 4.74 Å². The van der Waals surface area contributed by atoms with Crippen molar-refractivity contribution in [3.05, 3.63) is 71.3 Å². The van der Waals surface area contributed by atoms with Crippen molar-refractivity contribution in [3.63, 3.8) is 0 Å². The van der Waals surface area contributed by atoms with Crippen molar-refractivity contribution in [1.82, 2.24) is 0 Å². The molecule has 30 heavy (non-hydrogen) atoms. The van der Waals surface area contributed by atoms with Crippen LogP contribution in [-0.2, 0) is 31.7 Å². The molecule has 0 amide bonds. The van der Waals surface area contributed by atoms with Crippen LogP contribution in [-0.4, -0.2) is 26.7 Å². The van der Waals surface area contributed by atoms with Crippen molar-refractivity contribution in [2.45, 2.75) is 17.2 Å². The lowest BCUT2D eigenvalue weighted by Gasteiger charge is -2.14. The van der Waals surface area contributed by atoms with E-state index in [9.17, 15) is 39.6 Å². The fourth-order valence-electron chi connectivity index (χ4n) is 2.25. The molecule has 0 saturated heterocycles. The zero-order valence-corrected chi connectivity index (χ0v) is 15.8. The molecule has 0 atom stereocenters. The Morgan fingerprint density at radius 3 is 1.93 bits per heavy atom. The van der Waals surface area contributed by atoms with Gasteiger partial charge in [-0.3, -0.25) is 0 Å². The normalized spacial score (nSPS) is 12.9. The van der Waals surface area contributed by atoms with Crippen LogP contribution in [0.25, 0.3) is 6.08 Å². The molecule has 0 aromatic heterocycles. The molecular formula is C19H14F6O4S. The summed E-state index contributed by atoms with van der Waals surface area (Å²) in [4.78, 5) is 10.4. The second-order valence-corrected chi connectivity index (χ2v) is 8.08. The van der Waals surface area contributed by atoms with Crippen LogP contribution in [0.2, 0.25) is 0 Å². The largest absolute Gasteiger partial charge is 0.461 e. The highest BCUT2D eigenvalue weighted by atomic mass is 32.2. The highest BCUT2D eigenvalue weighted by Crippen LogP contribution is 2.37. The number of esters is 1. The molecule has 2 aromatic rings. The van der Waals surface area contributed by atoms with E-state index >= 15 is 0 Å². The molecule has 2 aromatic carbocycles. The van der Waals surface area contributed by atoms with Gasteiger partial charge in [-0.2, -0.15) is 26.3 Å². The highest BCUT2D eigenvalue weighted by Gasteiger charge is 2.38. The Bertz CT molecular complexity index is 993. The molecule has 0 saturated carbocycles. The number of benzene rings is 2. The van der Waals surface area contributed by atoms with Crippen molar-refractivity contribution in [2.75, 3.05) is 12.4 Å². The van der Waals surface area contributed by atoms with E-state index in [1.807, 2.05) is 0 Å². The van der Waals surface area contributed by atoms with Crippen molar-refractivity contribution in [1.29, 1.82) is 0 Å². The van der Waals surface area contributed by atoms with E-state index in [0.29, 0.717) is 5.56 Å². The van der Waals surface area contributed by atoms with E-state index in [-0.39, 0.29) is 18.2 Å². The molecule has 0 fully saturated rings. The number of halogens is 6. The van der Waals surface area contributed by atoms with Crippen LogP contribution in [0.15, 0.2) is 59.5 Å². The second kappa shape index (κ2) is 8.90. The Balaban J connectivity index is 2.13. The molecule has 0 radical (unpaired) electrons. The first-order chi connectivity index (χ1) is 13.8. The summed E-state index contributed by atoms with van der Waals surface area (Å²) in [5.41, 5.74) is -2.84. The standard InChI is InChI=1S/C19H14F6O4S/c20-18(21,22)14-10-15(19(23,24)25)12-16(11-14)30(27,28)9-8-29-17(26)7-6-13-4-2-1-3-5-13/h1-7,10-12H,8-9H2/b7-6+. The summed E-state index contributed by atoms with van der Waals surface area (Å²) in [7, 11) is -4.59. The van der Waals surface area contributed by atoms with Crippen molar-refractivity contribution < 1.29 is 44.3 Å². The molecule has 0 aliphatic heterocycles. The van der Waals surface area contributed by atoms with Crippen molar-refractivity contribution >= 4 is 21.9 Å². The van der Waals surface area contributed by atoms with Crippen LogP contribution < -0.4 is 0 Å². The number of alkyl halides is 6. The topological polar surface area (TPSA) is 60.4 Å². The fourth-order valence-corrected chi connectivity index (χ4v) is 3.40. The number of hydrogen-bond acceptors (Lipinski definition) is 4. The van der Waals surface area contributed by atoms with Gasteiger partial charge in [0.05, 0.1) is 21.8 Å². The van der Waals surface area contributed by atoms with Crippen LogP contribution in [0, 0.1) is 0 Å². The maximum absolute atomic E-state index is 12.9. The van der Waals surface area contributed by atoms with Crippen molar-refractivity contribution in [2.24, 2.45) is 0 Å². The average molecular weight is 452 g/mol. The molecule has 0 bridgehead atoms. The molecule has 0 aliphatic rings. The minimum absolute atomic E-state index is 0.113. The lowest BCUT2D eigenvalue weighted by Crippen LogP contribution is -2.17. The summed E-state index contributed by atoms with van der Waals surface area (Å²) >= 11 is 0. The van der Waals surface area contributed by atoms with Gasteiger partial charge in [0.25, 0.3) is 0 Å². The quantitative estimate of drug-likeness (QED) is 0.361. The molecule has 0 spiro atoms. The lowest BCUT2D eigenvalue weighted by atomic mass is 10.1. The zero-order chi connectivity index (χ0) is 22.6. The second-order valence-electron chi connectivity index (χ2n) is 5.97. The smallest absolute Gasteiger partial charge is 0.416 e. The van der Waals surface area contributed by atoms with Crippen LogP contribution >= 0.6 is 0 Å². The highest BCUT2D eigenvalue weighted by molar-refractivity contribution is 7.91. The summed E-state index contributed by atoms with van der Waals surface area (Å²) in [5, 5.41) is 0. The maximum Gasteiger partial charge on any atom is 0.416 e. The maximum atomic E-state index is 12.9. The SMILES string of the molecule is O=C(/C=C/c1ccccc1)OCCS(=O)(=O)c1cc(C(F)(F)F)cc(C(F)(F)F)c1. The van der Waals surface area contributed by atoms with Gasteiger partial charge < -0.3 is 4.74 Å². The first kappa shape index (κ1) is 23.5. The summed E-state index contributed by atoms with van der Waals surface area (Å²) in [6.45, 7) is -0.752. The molecular weight excluding hydrogens is 438 g/mol. The monoisotopic (exact) mass is 452 g/mol. The van der Waals surface area contributed by atoms with E-state index in [1.54, 1.807) is 30.3 Å². The van der Waals surface area contributed by atoms with Gasteiger partial charge in [-0.05, 0) is 29.8 Å². The molecule has 4 nitrogen and oxygen atoms in total.